The van der Waals surface area contributed by atoms with Gasteiger partial charge in [0.2, 0.25) is 0 Å². The third-order valence-electron chi connectivity index (χ3n) is 6.11. The summed E-state index contributed by atoms with van der Waals surface area (Å²) < 4.78 is 32.3. The highest BCUT2D eigenvalue weighted by molar-refractivity contribution is 14.1. The Balaban J connectivity index is 1.57. The van der Waals surface area contributed by atoms with E-state index in [-0.39, 0.29) is 28.5 Å². The summed E-state index contributed by atoms with van der Waals surface area (Å²) in [5.74, 6) is 0. The van der Waals surface area contributed by atoms with Crippen molar-refractivity contribution in [3.8, 4) is 0 Å². The minimum atomic E-state index is -1.76. The summed E-state index contributed by atoms with van der Waals surface area (Å²) in [6.07, 6.45) is -1.27. The Kier molecular flexibility index (Phi) is 10.7. The zero-order chi connectivity index (χ0) is 26.1. The van der Waals surface area contributed by atoms with Crippen molar-refractivity contribution in [3.63, 3.8) is 0 Å². The molecule has 0 N–H and O–H groups in total. The van der Waals surface area contributed by atoms with Crippen LogP contribution >= 0.6 is 22.6 Å². The smallest absolute Gasteiger partial charge is 0.183 e. The fourth-order valence-electron chi connectivity index (χ4n) is 4.20. The molecule has 1 saturated heterocycles. The van der Waals surface area contributed by atoms with Crippen LogP contribution in [0.15, 0.2) is 91.0 Å². The van der Waals surface area contributed by atoms with Gasteiger partial charge in [0.1, 0.15) is 28.5 Å². The molecule has 0 saturated carbocycles. The van der Waals surface area contributed by atoms with Gasteiger partial charge in [-0.1, -0.05) is 91.0 Å². The molecule has 7 heteroatoms. The first-order valence-electron chi connectivity index (χ1n) is 12.8. The van der Waals surface area contributed by atoms with Crippen molar-refractivity contribution in [2.24, 2.45) is 0 Å². The quantitative estimate of drug-likeness (QED) is 0.126. The van der Waals surface area contributed by atoms with Crippen LogP contribution in [0.5, 0.6) is 0 Å². The van der Waals surface area contributed by atoms with E-state index >= 15 is 0 Å². The predicted molar refractivity (Wildman–Crippen MR) is 157 cm³/mol. The van der Waals surface area contributed by atoms with E-state index < -0.39 is 8.32 Å². The van der Waals surface area contributed by atoms with Gasteiger partial charge in [-0.25, -0.2) is 0 Å². The first-order chi connectivity index (χ1) is 17.9. The van der Waals surface area contributed by atoms with Crippen molar-refractivity contribution in [2.75, 3.05) is 6.61 Å². The van der Waals surface area contributed by atoms with Crippen LogP contribution in [0.1, 0.15) is 16.7 Å². The van der Waals surface area contributed by atoms with Gasteiger partial charge in [-0.05, 0) is 58.9 Å². The molecule has 0 amide bonds. The van der Waals surface area contributed by atoms with Gasteiger partial charge in [0.25, 0.3) is 0 Å². The normalized spacial score (nSPS) is 24.2. The number of ether oxygens (including phenoxy) is 4. The second kappa shape index (κ2) is 14.0. The molecular formula is C30H37IO5Si. The molecule has 1 aliphatic rings. The Bertz CT molecular complexity index is 1050. The third-order valence-corrected chi connectivity index (χ3v) is 8.15. The maximum atomic E-state index is 6.62. The minimum Gasteiger partial charge on any atom is -0.415 e. The Labute approximate surface area is 235 Å². The number of hydrogen-bond acceptors (Lipinski definition) is 5. The van der Waals surface area contributed by atoms with E-state index in [0.717, 1.165) is 16.7 Å². The molecule has 1 fully saturated rings. The SMILES string of the molecule is C[Si](C)(C)OC[C@H]1O[C@H](I)[C@H](OCc2ccccc2)[C@@H](OCc2ccccc2)[C@@H]1OCc1ccccc1. The van der Waals surface area contributed by atoms with Crippen LogP contribution in [-0.4, -0.2) is 43.5 Å². The van der Waals surface area contributed by atoms with Crippen molar-refractivity contribution in [1.82, 2.24) is 0 Å². The lowest BCUT2D eigenvalue weighted by molar-refractivity contribution is -0.247. The van der Waals surface area contributed by atoms with Crippen molar-refractivity contribution in [3.05, 3.63) is 108 Å². The van der Waals surface area contributed by atoms with Gasteiger partial charge >= 0.3 is 0 Å². The topological polar surface area (TPSA) is 46.2 Å². The van der Waals surface area contributed by atoms with Crippen LogP contribution in [0.2, 0.25) is 19.6 Å². The molecule has 4 rings (SSSR count). The standard InChI is InChI=1S/C30H37IO5Si/c1-37(2,3)35-22-26-27(32-19-23-13-7-4-8-14-23)28(33-20-24-15-9-5-10-16-24)29(30(31)36-26)34-21-25-17-11-6-12-18-25/h4-18,26-30H,19-22H2,1-3H3/t26-,27-,28+,29-,30+/m1/s1. The molecule has 5 atom stereocenters. The second-order valence-corrected chi connectivity index (χ2v) is 16.0. The van der Waals surface area contributed by atoms with Gasteiger partial charge in [0.15, 0.2) is 8.32 Å². The van der Waals surface area contributed by atoms with Gasteiger partial charge < -0.3 is 23.4 Å². The molecule has 3 aromatic rings. The molecule has 0 aliphatic carbocycles. The fourth-order valence-corrected chi connectivity index (χ4v) is 5.86. The highest BCUT2D eigenvalue weighted by Gasteiger charge is 2.47. The van der Waals surface area contributed by atoms with E-state index in [2.05, 4.69) is 78.6 Å². The fraction of sp³-hybridized carbons (Fsp3) is 0.400. The summed E-state index contributed by atoms with van der Waals surface area (Å²) in [6.45, 7) is 8.42. The second-order valence-electron chi connectivity index (χ2n) is 10.2. The molecule has 0 radical (unpaired) electrons. The Morgan fingerprint density at radius 3 is 1.46 bits per heavy atom. The van der Waals surface area contributed by atoms with Crippen LogP contribution < -0.4 is 0 Å². The summed E-state index contributed by atoms with van der Waals surface area (Å²) in [4.78, 5) is 0. The van der Waals surface area contributed by atoms with Crippen LogP contribution in [0, 0.1) is 0 Å². The van der Waals surface area contributed by atoms with E-state index in [1.54, 1.807) is 0 Å². The van der Waals surface area contributed by atoms with Crippen molar-refractivity contribution < 1.29 is 23.4 Å². The van der Waals surface area contributed by atoms with Gasteiger partial charge in [-0.15, -0.1) is 0 Å². The molecule has 0 aromatic heterocycles. The summed E-state index contributed by atoms with van der Waals surface area (Å²) in [5, 5.41) is 0. The monoisotopic (exact) mass is 632 g/mol. The van der Waals surface area contributed by atoms with Crippen LogP contribution in [0.25, 0.3) is 0 Å². The Morgan fingerprint density at radius 2 is 1.03 bits per heavy atom. The minimum absolute atomic E-state index is 0.214. The molecule has 0 spiro atoms. The highest BCUT2D eigenvalue weighted by Crippen LogP contribution is 2.33. The summed E-state index contributed by atoms with van der Waals surface area (Å²) >= 11 is 2.33. The molecule has 198 valence electrons. The maximum Gasteiger partial charge on any atom is 0.183 e. The zero-order valence-electron chi connectivity index (χ0n) is 21.8. The van der Waals surface area contributed by atoms with Crippen LogP contribution in [0.3, 0.4) is 0 Å². The van der Waals surface area contributed by atoms with E-state index in [0.29, 0.717) is 26.4 Å². The van der Waals surface area contributed by atoms with E-state index in [9.17, 15) is 0 Å². The number of hydrogen-bond donors (Lipinski definition) is 0. The molecule has 0 bridgehead atoms. The van der Waals surface area contributed by atoms with Crippen molar-refractivity contribution >= 4 is 30.9 Å². The Hall–Kier alpha value is -1.59. The average Bonchev–Trinajstić information content (AvgIpc) is 2.90. The van der Waals surface area contributed by atoms with Crippen molar-refractivity contribution in [2.45, 2.75) is 68.0 Å². The molecule has 37 heavy (non-hydrogen) atoms. The number of alkyl halides is 1. The summed E-state index contributed by atoms with van der Waals surface area (Å²) in [7, 11) is -1.76. The van der Waals surface area contributed by atoms with E-state index in [1.807, 2.05) is 54.6 Å². The Morgan fingerprint density at radius 1 is 0.622 bits per heavy atom. The zero-order valence-corrected chi connectivity index (χ0v) is 25.0. The number of benzene rings is 3. The number of rotatable bonds is 12. The van der Waals surface area contributed by atoms with Crippen LogP contribution in [0.4, 0.5) is 0 Å². The van der Waals surface area contributed by atoms with Crippen LogP contribution in [-0.2, 0) is 43.2 Å². The van der Waals surface area contributed by atoms with Crippen molar-refractivity contribution in [1.29, 1.82) is 0 Å². The maximum absolute atomic E-state index is 6.62. The lowest BCUT2D eigenvalue weighted by atomic mass is 9.99. The number of halogens is 1. The average molecular weight is 633 g/mol. The van der Waals surface area contributed by atoms with Gasteiger partial charge in [-0.2, -0.15) is 0 Å². The molecule has 1 heterocycles. The summed E-state index contributed by atoms with van der Waals surface area (Å²) in [5.41, 5.74) is 3.32. The lowest BCUT2D eigenvalue weighted by Gasteiger charge is -2.45. The molecular weight excluding hydrogens is 595 g/mol. The third kappa shape index (κ3) is 8.99. The molecule has 5 nitrogen and oxygen atoms in total. The van der Waals surface area contributed by atoms with E-state index in [1.165, 1.54) is 0 Å². The van der Waals surface area contributed by atoms with Gasteiger partial charge in [0, 0.05) is 0 Å². The van der Waals surface area contributed by atoms with Gasteiger partial charge in [0.05, 0.1) is 26.4 Å². The summed E-state index contributed by atoms with van der Waals surface area (Å²) in [6, 6.07) is 30.6. The molecule has 0 unspecified atom stereocenters. The van der Waals surface area contributed by atoms with Gasteiger partial charge in [-0.3, -0.25) is 0 Å². The van der Waals surface area contributed by atoms with E-state index in [4.69, 9.17) is 23.4 Å². The first kappa shape index (κ1) is 28.4. The largest absolute Gasteiger partial charge is 0.415 e. The lowest BCUT2D eigenvalue weighted by Crippen LogP contribution is -2.60. The first-order valence-corrected chi connectivity index (χ1v) is 17.4. The predicted octanol–water partition coefficient (Wildman–Crippen LogP) is 6.75. The molecule has 3 aromatic carbocycles. The molecule has 1 aliphatic heterocycles. The highest BCUT2D eigenvalue weighted by atomic mass is 127.